The summed E-state index contributed by atoms with van der Waals surface area (Å²) >= 11 is 0. The van der Waals surface area contributed by atoms with E-state index >= 15 is 0 Å². The van der Waals surface area contributed by atoms with Gasteiger partial charge in [-0.1, -0.05) is 37.3 Å². The van der Waals surface area contributed by atoms with Gasteiger partial charge >= 0.3 is 0 Å². The molecule has 0 heterocycles. The van der Waals surface area contributed by atoms with Crippen molar-refractivity contribution in [1.29, 1.82) is 0 Å². The van der Waals surface area contributed by atoms with Crippen LogP contribution in [0.25, 0.3) is 0 Å². The Kier molecular flexibility index (Phi) is 4.93. The molecule has 0 radical (unpaired) electrons. The molecule has 0 bridgehead atoms. The Morgan fingerprint density at radius 1 is 1.19 bits per heavy atom. The molecule has 21 heavy (non-hydrogen) atoms. The highest BCUT2D eigenvalue weighted by Gasteiger charge is 2.17. The molecule has 1 atom stereocenters. The first-order chi connectivity index (χ1) is 10.1. The molecule has 0 fully saturated rings. The molecule has 110 valence electrons. The summed E-state index contributed by atoms with van der Waals surface area (Å²) in [7, 11) is 0. The largest absolute Gasteiger partial charge is 0.481 e. The van der Waals surface area contributed by atoms with Crippen LogP contribution in [0.2, 0.25) is 0 Å². The SMILES string of the molecule is CCc1ccccc1O[C@H](C)C(=O)Nc1ccccc1F. The zero-order valence-corrected chi connectivity index (χ0v) is 12.1. The van der Waals surface area contributed by atoms with Gasteiger partial charge in [0.05, 0.1) is 5.69 Å². The smallest absolute Gasteiger partial charge is 0.265 e. The number of hydrogen-bond donors (Lipinski definition) is 1. The quantitative estimate of drug-likeness (QED) is 0.908. The lowest BCUT2D eigenvalue weighted by Crippen LogP contribution is -2.30. The van der Waals surface area contributed by atoms with Gasteiger partial charge in [0.2, 0.25) is 0 Å². The lowest BCUT2D eigenvalue weighted by Gasteiger charge is -2.17. The van der Waals surface area contributed by atoms with Crippen molar-refractivity contribution in [2.24, 2.45) is 0 Å². The number of hydrogen-bond acceptors (Lipinski definition) is 2. The Balaban J connectivity index is 2.05. The summed E-state index contributed by atoms with van der Waals surface area (Å²) in [6, 6.07) is 13.6. The number of rotatable bonds is 5. The fourth-order valence-electron chi connectivity index (χ4n) is 1.95. The molecule has 0 aromatic heterocycles. The van der Waals surface area contributed by atoms with Crippen molar-refractivity contribution in [3.05, 3.63) is 59.9 Å². The first kappa shape index (κ1) is 15.0. The predicted molar refractivity (Wildman–Crippen MR) is 80.9 cm³/mol. The van der Waals surface area contributed by atoms with Gasteiger partial charge in [-0.15, -0.1) is 0 Å². The summed E-state index contributed by atoms with van der Waals surface area (Å²) in [5.41, 5.74) is 1.18. The maximum atomic E-state index is 13.5. The zero-order chi connectivity index (χ0) is 15.2. The molecule has 0 saturated heterocycles. The summed E-state index contributed by atoms with van der Waals surface area (Å²) in [4.78, 5) is 12.1. The molecular weight excluding hydrogens is 269 g/mol. The Morgan fingerprint density at radius 2 is 1.86 bits per heavy atom. The first-order valence-corrected chi connectivity index (χ1v) is 6.91. The van der Waals surface area contributed by atoms with Crippen LogP contribution in [0.3, 0.4) is 0 Å². The van der Waals surface area contributed by atoms with Crippen LogP contribution in [0, 0.1) is 5.82 Å². The summed E-state index contributed by atoms with van der Waals surface area (Å²) in [5, 5.41) is 2.53. The fraction of sp³-hybridized carbons (Fsp3) is 0.235. The number of para-hydroxylation sites is 2. The number of aryl methyl sites for hydroxylation is 1. The molecule has 0 unspecified atom stereocenters. The standard InChI is InChI=1S/C17H18FNO2/c1-3-13-8-4-7-11-16(13)21-12(2)17(20)19-15-10-6-5-9-14(15)18/h4-12H,3H2,1-2H3,(H,19,20)/t12-/m1/s1. The molecule has 2 aromatic carbocycles. The van der Waals surface area contributed by atoms with Crippen LogP contribution in [-0.4, -0.2) is 12.0 Å². The average molecular weight is 287 g/mol. The lowest BCUT2D eigenvalue weighted by atomic mass is 10.1. The van der Waals surface area contributed by atoms with Gasteiger partial charge in [0.15, 0.2) is 6.10 Å². The molecule has 2 rings (SSSR count). The van der Waals surface area contributed by atoms with Crippen molar-refractivity contribution in [1.82, 2.24) is 0 Å². The van der Waals surface area contributed by atoms with Crippen molar-refractivity contribution in [3.63, 3.8) is 0 Å². The highest BCUT2D eigenvalue weighted by molar-refractivity contribution is 5.94. The lowest BCUT2D eigenvalue weighted by molar-refractivity contribution is -0.122. The number of ether oxygens (including phenoxy) is 1. The number of carbonyl (C=O) groups excluding carboxylic acids is 1. The minimum Gasteiger partial charge on any atom is -0.481 e. The number of benzene rings is 2. The predicted octanol–water partition coefficient (Wildman–Crippen LogP) is 3.79. The van der Waals surface area contributed by atoms with Gasteiger partial charge in [0, 0.05) is 0 Å². The van der Waals surface area contributed by atoms with Crippen molar-refractivity contribution < 1.29 is 13.9 Å². The Bertz CT molecular complexity index is 628. The molecular formula is C17H18FNO2. The molecule has 0 saturated carbocycles. The first-order valence-electron chi connectivity index (χ1n) is 6.91. The maximum absolute atomic E-state index is 13.5. The van der Waals surface area contributed by atoms with Gasteiger partial charge in [0.1, 0.15) is 11.6 Å². The average Bonchev–Trinajstić information content (AvgIpc) is 2.50. The number of anilines is 1. The second-order valence-corrected chi connectivity index (χ2v) is 4.69. The monoisotopic (exact) mass is 287 g/mol. The van der Waals surface area contributed by atoms with E-state index in [-0.39, 0.29) is 11.6 Å². The molecule has 0 aliphatic carbocycles. The molecule has 0 spiro atoms. The van der Waals surface area contributed by atoms with Crippen molar-refractivity contribution in [2.45, 2.75) is 26.4 Å². The maximum Gasteiger partial charge on any atom is 0.265 e. The van der Waals surface area contributed by atoms with E-state index in [0.29, 0.717) is 5.75 Å². The molecule has 3 nitrogen and oxygen atoms in total. The molecule has 1 N–H and O–H groups in total. The van der Waals surface area contributed by atoms with Gasteiger partial charge < -0.3 is 10.1 Å². The number of nitrogens with one attached hydrogen (secondary N) is 1. The van der Waals surface area contributed by atoms with E-state index in [1.807, 2.05) is 31.2 Å². The third kappa shape index (κ3) is 3.81. The molecule has 4 heteroatoms. The van der Waals surface area contributed by atoms with E-state index < -0.39 is 11.9 Å². The Labute approximate surface area is 123 Å². The summed E-state index contributed by atoms with van der Waals surface area (Å²) in [5.74, 6) is -0.172. The van der Waals surface area contributed by atoms with E-state index in [9.17, 15) is 9.18 Å². The van der Waals surface area contributed by atoms with Crippen LogP contribution < -0.4 is 10.1 Å². The number of halogens is 1. The second-order valence-electron chi connectivity index (χ2n) is 4.69. The topological polar surface area (TPSA) is 38.3 Å². The third-order valence-electron chi connectivity index (χ3n) is 3.16. The Hall–Kier alpha value is -2.36. The van der Waals surface area contributed by atoms with Crippen LogP contribution >= 0.6 is 0 Å². The van der Waals surface area contributed by atoms with E-state index in [1.54, 1.807) is 19.1 Å². The number of carbonyl (C=O) groups is 1. The molecule has 1 amide bonds. The molecule has 2 aromatic rings. The molecule has 0 aliphatic rings. The van der Waals surface area contributed by atoms with Gasteiger partial charge in [-0.3, -0.25) is 4.79 Å². The van der Waals surface area contributed by atoms with Gasteiger partial charge in [-0.25, -0.2) is 4.39 Å². The van der Waals surface area contributed by atoms with E-state index in [0.717, 1.165) is 12.0 Å². The minimum absolute atomic E-state index is 0.154. The van der Waals surface area contributed by atoms with Crippen LogP contribution in [-0.2, 0) is 11.2 Å². The highest BCUT2D eigenvalue weighted by Crippen LogP contribution is 2.20. The van der Waals surface area contributed by atoms with Crippen molar-refractivity contribution >= 4 is 11.6 Å². The fourth-order valence-corrected chi connectivity index (χ4v) is 1.95. The van der Waals surface area contributed by atoms with E-state index in [1.165, 1.54) is 12.1 Å². The highest BCUT2D eigenvalue weighted by atomic mass is 19.1. The zero-order valence-electron chi connectivity index (χ0n) is 12.1. The van der Waals surface area contributed by atoms with Gasteiger partial charge in [0.25, 0.3) is 5.91 Å². The van der Waals surface area contributed by atoms with Crippen LogP contribution in [0.1, 0.15) is 19.4 Å². The number of amides is 1. The van der Waals surface area contributed by atoms with Gasteiger partial charge in [-0.05, 0) is 37.1 Å². The minimum atomic E-state index is -0.711. The summed E-state index contributed by atoms with van der Waals surface area (Å²) < 4.78 is 19.2. The van der Waals surface area contributed by atoms with Crippen LogP contribution in [0.5, 0.6) is 5.75 Å². The third-order valence-corrected chi connectivity index (χ3v) is 3.16. The molecule has 0 aliphatic heterocycles. The van der Waals surface area contributed by atoms with Crippen molar-refractivity contribution in [3.8, 4) is 5.75 Å². The second kappa shape index (κ2) is 6.88. The van der Waals surface area contributed by atoms with Crippen molar-refractivity contribution in [2.75, 3.05) is 5.32 Å². The summed E-state index contributed by atoms with van der Waals surface area (Å²) in [6.45, 7) is 3.66. The normalized spacial score (nSPS) is 11.8. The van der Waals surface area contributed by atoms with E-state index in [2.05, 4.69) is 5.32 Å². The Morgan fingerprint density at radius 3 is 2.57 bits per heavy atom. The summed E-state index contributed by atoms with van der Waals surface area (Å²) in [6.07, 6.45) is 0.106. The van der Waals surface area contributed by atoms with Crippen LogP contribution in [0.4, 0.5) is 10.1 Å². The van der Waals surface area contributed by atoms with Gasteiger partial charge in [-0.2, -0.15) is 0 Å². The van der Waals surface area contributed by atoms with Crippen LogP contribution in [0.15, 0.2) is 48.5 Å². The van der Waals surface area contributed by atoms with E-state index in [4.69, 9.17) is 4.74 Å².